The van der Waals surface area contributed by atoms with Gasteiger partial charge in [-0.25, -0.2) is 9.07 Å². The molecule has 0 saturated heterocycles. The molecule has 0 saturated carbocycles. The van der Waals surface area contributed by atoms with E-state index in [4.69, 9.17) is 9.47 Å². The van der Waals surface area contributed by atoms with Crippen molar-refractivity contribution >= 4 is 5.91 Å². The minimum absolute atomic E-state index is 0.190. The Balaban J connectivity index is 1.14. The van der Waals surface area contributed by atoms with Crippen molar-refractivity contribution in [1.29, 1.82) is 0 Å². The van der Waals surface area contributed by atoms with Crippen LogP contribution in [0.3, 0.4) is 0 Å². The Labute approximate surface area is 201 Å². The number of pyridine rings is 1. The van der Waals surface area contributed by atoms with Gasteiger partial charge in [-0.05, 0) is 41.8 Å². The molecule has 2 aromatic heterocycles. The van der Waals surface area contributed by atoms with E-state index >= 15 is 0 Å². The van der Waals surface area contributed by atoms with Gasteiger partial charge in [0.1, 0.15) is 24.3 Å². The quantitative estimate of drug-likeness (QED) is 0.480. The number of ether oxygens (including phenoxy) is 2. The van der Waals surface area contributed by atoms with Gasteiger partial charge in [0.15, 0.2) is 5.69 Å². The summed E-state index contributed by atoms with van der Waals surface area (Å²) in [4.78, 5) is 17.2. The number of nitrogens with one attached hydrogen (secondary N) is 1. The average molecular weight is 471 g/mol. The molecule has 1 unspecified atom stereocenters. The van der Waals surface area contributed by atoms with Gasteiger partial charge in [0, 0.05) is 42.6 Å². The summed E-state index contributed by atoms with van der Waals surface area (Å²) in [7, 11) is 0. The van der Waals surface area contributed by atoms with Gasteiger partial charge in [0.25, 0.3) is 5.91 Å². The topological polar surface area (TPSA) is 78.3 Å². The molecule has 176 valence electrons. The number of halogens is 1. The first-order valence-corrected chi connectivity index (χ1v) is 11.6. The first-order chi connectivity index (χ1) is 17.1. The van der Waals surface area contributed by atoms with Crippen molar-refractivity contribution in [2.75, 3.05) is 6.61 Å². The second-order valence-corrected chi connectivity index (χ2v) is 8.76. The van der Waals surface area contributed by atoms with Gasteiger partial charge in [-0.15, -0.1) is 0 Å². The molecule has 0 spiro atoms. The lowest BCUT2D eigenvalue weighted by atomic mass is 9.97. The zero-order chi connectivity index (χ0) is 23.8. The van der Waals surface area contributed by atoms with E-state index in [1.807, 2.05) is 30.5 Å². The lowest BCUT2D eigenvalue weighted by Crippen LogP contribution is -2.42. The van der Waals surface area contributed by atoms with Gasteiger partial charge in [-0.2, -0.15) is 5.10 Å². The minimum Gasteiger partial charge on any atom is -0.491 e. The molecular weight excluding hydrogens is 447 g/mol. The number of nitrogens with zero attached hydrogens (tertiary/aromatic N) is 3. The molecule has 0 radical (unpaired) electrons. The summed E-state index contributed by atoms with van der Waals surface area (Å²) in [6.07, 6.45) is 4.38. The number of aryl methyl sites for hydroxylation is 1. The average Bonchev–Trinajstić information content (AvgIpc) is 3.33. The normalized spacial score (nSPS) is 18.5. The van der Waals surface area contributed by atoms with E-state index in [1.54, 1.807) is 35.1 Å². The molecule has 0 fully saturated rings. The lowest BCUT2D eigenvalue weighted by molar-refractivity contribution is 0.0909. The number of benzene rings is 2. The van der Waals surface area contributed by atoms with Crippen molar-refractivity contribution in [3.63, 3.8) is 0 Å². The number of rotatable bonds is 4. The molecule has 2 atom stereocenters. The molecule has 7 nitrogen and oxygen atoms in total. The first kappa shape index (κ1) is 21.3. The van der Waals surface area contributed by atoms with Crippen LogP contribution in [0.5, 0.6) is 11.6 Å². The van der Waals surface area contributed by atoms with Crippen LogP contribution in [0.25, 0.3) is 11.1 Å². The van der Waals surface area contributed by atoms with Crippen LogP contribution in [0.1, 0.15) is 34.1 Å². The summed E-state index contributed by atoms with van der Waals surface area (Å²) in [6, 6.07) is 18.0. The Kier molecular flexibility index (Phi) is 5.41. The van der Waals surface area contributed by atoms with E-state index in [9.17, 15) is 9.18 Å². The molecule has 4 heterocycles. The van der Waals surface area contributed by atoms with Crippen molar-refractivity contribution in [2.45, 2.75) is 31.5 Å². The number of aromatic nitrogens is 3. The Hall–Kier alpha value is -4.20. The molecule has 8 heteroatoms. The van der Waals surface area contributed by atoms with Crippen molar-refractivity contribution in [3.8, 4) is 22.8 Å². The Morgan fingerprint density at radius 2 is 2.00 bits per heavy atom. The molecule has 0 aliphatic carbocycles. The SMILES string of the molecule is O=C(N[C@H]1COc2ccc(-c3cccnc3)cc2C1)c1cc2n(n1)CCC(c1ccccc1F)O2. The van der Waals surface area contributed by atoms with Crippen LogP contribution in [0.15, 0.2) is 73.1 Å². The van der Waals surface area contributed by atoms with Crippen LogP contribution in [-0.2, 0) is 13.0 Å². The van der Waals surface area contributed by atoms with E-state index in [0.29, 0.717) is 37.4 Å². The maximum absolute atomic E-state index is 14.2. The largest absolute Gasteiger partial charge is 0.491 e. The van der Waals surface area contributed by atoms with Crippen LogP contribution in [0, 0.1) is 5.82 Å². The van der Waals surface area contributed by atoms with E-state index in [0.717, 1.165) is 22.4 Å². The number of hydrogen-bond acceptors (Lipinski definition) is 5. The van der Waals surface area contributed by atoms with Crippen LogP contribution in [0.4, 0.5) is 4.39 Å². The Morgan fingerprint density at radius 3 is 2.86 bits per heavy atom. The molecule has 2 aliphatic rings. The fourth-order valence-electron chi connectivity index (χ4n) is 4.62. The van der Waals surface area contributed by atoms with Crippen molar-refractivity contribution in [3.05, 3.63) is 95.7 Å². The molecule has 1 amide bonds. The number of amides is 1. The minimum atomic E-state index is -0.409. The van der Waals surface area contributed by atoms with Gasteiger partial charge in [0.2, 0.25) is 5.88 Å². The summed E-state index contributed by atoms with van der Waals surface area (Å²) in [5.74, 6) is 0.695. The van der Waals surface area contributed by atoms with Gasteiger partial charge in [0.05, 0.1) is 6.04 Å². The first-order valence-electron chi connectivity index (χ1n) is 11.6. The van der Waals surface area contributed by atoms with Crippen LogP contribution >= 0.6 is 0 Å². The third kappa shape index (κ3) is 4.23. The summed E-state index contributed by atoms with van der Waals surface area (Å²) in [5, 5.41) is 7.43. The molecule has 0 bridgehead atoms. The van der Waals surface area contributed by atoms with Gasteiger partial charge in [-0.1, -0.05) is 30.3 Å². The van der Waals surface area contributed by atoms with Gasteiger partial charge >= 0.3 is 0 Å². The van der Waals surface area contributed by atoms with Crippen LogP contribution in [0.2, 0.25) is 0 Å². The molecule has 4 aromatic rings. The molecule has 2 aliphatic heterocycles. The highest BCUT2D eigenvalue weighted by atomic mass is 19.1. The second-order valence-electron chi connectivity index (χ2n) is 8.76. The van der Waals surface area contributed by atoms with E-state index in [-0.39, 0.29) is 23.5 Å². The number of carbonyl (C=O) groups is 1. The maximum atomic E-state index is 14.2. The number of carbonyl (C=O) groups excluding carboxylic acids is 1. The standard InChI is InChI=1S/C27H23FN4O3/c28-22-6-2-1-5-21(22)25-9-11-32-26(35-25)14-23(31-32)27(33)30-20-13-19-12-17(7-8-24(19)34-16-20)18-4-3-10-29-15-18/h1-8,10,12,14-15,20,25H,9,11,13,16H2,(H,30,33)/t20-,25?/m1/s1. The van der Waals surface area contributed by atoms with Crippen molar-refractivity contribution in [2.24, 2.45) is 0 Å². The van der Waals surface area contributed by atoms with Gasteiger partial charge < -0.3 is 14.8 Å². The highest BCUT2D eigenvalue weighted by Crippen LogP contribution is 2.33. The van der Waals surface area contributed by atoms with E-state index in [1.165, 1.54) is 6.07 Å². The number of fused-ring (bicyclic) bond motifs is 2. The smallest absolute Gasteiger partial charge is 0.272 e. The summed E-state index contributed by atoms with van der Waals surface area (Å²) >= 11 is 0. The van der Waals surface area contributed by atoms with Crippen LogP contribution < -0.4 is 14.8 Å². The molecule has 1 N–H and O–H groups in total. The highest BCUT2D eigenvalue weighted by Gasteiger charge is 2.28. The lowest BCUT2D eigenvalue weighted by Gasteiger charge is -2.26. The summed E-state index contributed by atoms with van der Waals surface area (Å²) in [5.41, 5.74) is 3.89. The monoisotopic (exact) mass is 470 g/mol. The maximum Gasteiger partial charge on any atom is 0.272 e. The van der Waals surface area contributed by atoms with Crippen molar-refractivity contribution in [1.82, 2.24) is 20.1 Å². The van der Waals surface area contributed by atoms with E-state index in [2.05, 4.69) is 21.5 Å². The van der Waals surface area contributed by atoms with Crippen molar-refractivity contribution < 1.29 is 18.7 Å². The fraction of sp³-hybridized carbons (Fsp3) is 0.222. The predicted octanol–water partition coefficient (Wildman–Crippen LogP) is 4.34. The third-order valence-corrected chi connectivity index (χ3v) is 6.39. The summed E-state index contributed by atoms with van der Waals surface area (Å²) < 4.78 is 27.7. The zero-order valence-corrected chi connectivity index (χ0v) is 18.9. The third-order valence-electron chi connectivity index (χ3n) is 6.39. The highest BCUT2D eigenvalue weighted by molar-refractivity contribution is 5.92. The molecular formula is C27H23FN4O3. The Morgan fingerprint density at radius 1 is 1.09 bits per heavy atom. The molecule has 35 heavy (non-hydrogen) atoms. The number of hydrogen-bond donors (Lipinski definition) is 1. The molecule has 2 aromatic carbocycles. The zero-order valence-electron chi connectivity index (χ0n) is 18.9. The van der Waals surface area contributed by atoms with Gasteiger partial charge in [-0.3, -0.25) is 9.78 Å². The van der Waals surface area contributed by atoms with E-state index < -0.39 is 6.10 Å². The molecule has 6 rings (SSSR count). The predicted molar refractivity (Wildman–Crippen MR) is 127 cm³/mol. The summed E-state index contributed by atoms with van der Waals surface area (Å²) in [6.45, 7) is 0.920. The second kappa shape index (κ2) is 8.87. The fourth-order valence-corrected chi connectivity index (χ4v) is 4.62. The van der Waals surface area contributed by atoms with Crippen LogP contribution in [-0.4, -0.2) is 33.3 Å². The Bertz CT molecular complexity index is 1390.